The van der Waals surface area contributed by atoms with Crippen molar-refractivity contribution in [1.82, 2.24) is 5.32 Å². The molecule has 1 rings (SSSR count). The van der Waals surface area contributed by atoms with Crippen LogP contribution in [0.25, 0.3) is 0 Å². The first-order valence-electron chi connectivity index (χ1n) is 7.80. The van der Waals surface area contributed by atoms with Crippen LogP contribution in [0.2, 0.25) is 0 Å². The molecule has 0 spiro atoms. The minimum Gasteiger partial charge on any atom is -0.353 e. The van der Waals surface area contributed by atoms with Gasteiger partial charge in [-0.1, -0.05) is 25.7 Å². The maximum Gasteiger partial charge on any atom is 0.158 e. The van der Waals surface area contributed by atoms with Gasteiger partial charge in [-0.25, -0.2) is 0 Å². The molecule has 0 unspecified atom stereocenters. The fraction of sp³-hybridized carbons (Fsp3) is 1.00. The van der Waals surface area contributed by atoms with Gasteiger partial charge in [-0.3, -0.25) is 0 Å². The zero-order valence-electron chi connectivity index (χ0n) is 12.2. The van der Waals surface area contributed by atoms with Crippen LogP contribution in [0, 0.1) is 5.92 Å². The highest BCUT2D eigenvalue weighted by atomic mass is 16.7. The van der Waals surface area contributed by atoms with Crippen LogP contribution in [0.4, 0.5) is 0 Å². The Bertz CT molecular complexity index is 175. The van der Waals surface area contributed by atoms with Crippen molar-refractivity contribution in [2.45, 2.75) is 65.1 Å². The van der Waals surface area contributed by atoms with Crippen LogP contribution in [0.15, 0.2) is 0 Å². The fourth-order valence-corrected chi connectivity index (χ4v) is 2.75. The van der Waals surface area contributed by atoms with Crippen molar-refractivity contribution < 1.29 is 9.47 Å². The fourth-order valence-electron chi connectivity index (χ4n) is 2.75. The van der Waals surface area contributed by atoms with Crippen molar-refractivity contribution in [3.8, 4) is 0 Å². The maximum atomic E-state index is 5.51. The molecule has 18 heavy (non-hydrogen) atoms. The quantitative estimate of drug-likeness (QED) is 0.455. The molecule has 1 fully saturated rings. The molecular formula is C15H31NO2. The largest absolute Gasteiger partial charge is 0.353 e. The standard InChI is InChI=1S/C15H31NO2/c1-3-17-15(18-4-2)11-13-16-12-7-10-14-8-5-6-9-14/h14-16H,3-13H2,1-2H3. The van der Waals surface area contributed by atoms with E-state index in [-0.39, 0.29) is 6.29 Å². The van der Waals surface area contributed by atoms with Gasteiger partial charge in [0, 0.05) is 19.6 Å². The molecule has 108 valence electrons. The van der Waals surface area contributed by atoms with Crippen LogP contribution in [0.1, 0.15) is 58.8 Å². The van der Waals surface area contributed by atoms with Gasteiger partial charge in [0.25, 0.3) is 0 Å². The zero-order valence-corrected chi connectivity index (χ0v) is 12.2. The third-order valence-electron chi connectivity index (χ3n) is 3.70. The summed E-state index contributed by atoms with van der Waals surface area (Å²) in [6.07, 6.45) is 9.51. The van der Waals surface area contributed by atoms with E-state index in [1.54, 1.807) is 0 Å². The Morgan fingerprint density at radius 1 is 1.06 bits per heavy atom. The van der Waals surface area contributed by atoms with Gasteiger partial charge in [-0.2, -0.15) is 0 Å². The summed E-state index contributed by atoms with van der Waals surface area (Å²) in [6, 6.07) is 0. The Morgan fingerprint density at radius 2 is 1.72 bits per heavy atom. The highest BCUT2D eigenvalue weighted by molar-refractivity contribution is 4.67. The molecule has 3 nitrogen and oxygen atoms in total. The summed E-state index contributed by atoms with van der Waals surface area (Å²) >= 11 is 0. The first-order chi connectivity index (χ1) is 8.86. The molecule has 3 heteroatoms. The minimum atomic E-state index is -0.0256. The molecule has 1 aliphatic carbocycles. The van der Waals surface area contributed by atoms with Crippen molar-refractivity contribution in [3.63, 3.8) is 0 Å². The molecule has 0 amide bonds. The molecule has 1 N–H and O–H groups in total. The summed E-state index contributed by atoms with van der Waals surface area (Å²) in [4.78, 5) is 0. The molecular weight excluding hydrogens is 226 g/mol. The van der Waals surface area contributed by atoms with Crippen LogP contribution in [-0.4, -0.2) is 32.6 Å². The Hall–Kier alpha value is -0.120. The summed E-state index contributed by atoms with van der Waals surface area (Å²) in [7, 11) is 0. The summed E-state index contributed by atoms with van der Waals surface area (Å²) in [5.41, 5.74) is 0. The average Bonchev–Trinajstić information content (AvgIpc) is 2.87. The molecule has 0 radical (unpaired) electrons. The first kappa shape index (κ1) is 15.9. The lowest BCUT2D eigenvalue weighted by molar-refractivity contribution is -0.138. The summed E-state index contributed by atoms with van der Waals surface area (Å²) in [5.74, 6) is 1.02. The number of rotatable bonds is 11. The Labute approximate surface area is 113 Å². The van der Waals surface area contributed by atoms with E-state index in [0.717, 1.165) is 38.6 Å². The second-order valence-corrected chi connectivity index (χ2v) is 5.17. The average molecular weight is 257 g/mol. The van der Waals surface area contributed by atoms with Crippen molar-refractivity contribution in [1.29, 1.82) is 0 Å². The van der Waals surface area contributed by atoms with E-state index >= 15 is 0 Å². The van der Waals surface area contributed by atoms with Gasteiger partial charge in [0.2, 0.25) is 0 Å². The van der Waals surface area contributed by atoms with Gasteiger partial charge in [-0.05, 0) is 45.7 Å². The summed E-state index contributed by atoms with van der Waals surface area (Å²) < 4.78 is 11.0. The van der Waals surface area contributed by atoms with Crippen LogP contribution in [0.5, 0.6) is 0 Å². The summed E-state index contributed by atoms with van der Waals surface area (Å²) in [6.45, 7) is 7.62. The van der Waals surface area contributed by atoms with E-state index in [0.29, 0.717) is 0 Å². The second-order valence-electron chi connectivity index (χ2n) is 5.17. The van der Waals surface area contributed by atoms with Gasteiger partial charge < -0.3 is 14.8 Å². The van der Waals surface area contributed by atoms with E-state index in [4.69, 9.17) is 9.47 Å². The lowest BCUT2D eigenvalue weighted by Gasteiger charge is -2.17. The third kappa shape index (κ3) is 7.34. The van der Waals surface area contributed by atoms with E-state index < -0.39 is 0 Å². The lowest BCUT2D eigenvalue weighted by Crippen LogP contribution is -2.25. The number of nitrogens with one attached hydrogen (secondary N) is 1. The normalized spacial score (nSPS) is 16.8. The van der Waals surface area contributed by atoms with Gasteiger partial charge in [-0.15, -0.1) is 0 Å². The first-order valence-corrected chi connectivity index (χ1v) is 7.80. The molecule has 0 aromatic carbocycles. The monoisotopic (exact) mass is 257 g/mol. The van der Waals surface area contributed by atoms with Crippen LogP contribution in [0.3, 0.4) is 0 Å². The van der Waals surface area contributed by atoms with Crippen LogP contribution < -0.4 is 5.32 Å². The second kappa shape index (κ2) is 10.8. The Kier molecular flexibility index (Phi) is 9.54. The van der Waals surface area contributed by atoms with Crippen molar-refractivity contribution in [2.75, 3.05) is 26.3 Å². The zero-order chi connectivity index (χ0) is 13.1. The van der Waals surface area contributed by atoms with E-state index in [2.05, 4.69) is 5.32 Å². The number of hydrogen-bond donors (Lipinski definition) is 1. The van der Waals surface area contributed by atoms with E-state index in [1.165, 1.54) is 38.5 Å². The predicted octanol–water partition coefficient (Wildman–Crippen LogP) is 3.34. The van der Waals surface area contributed by atoms with Crippen molar-refractivity contribution in [3.05, 3.63) is 0 Å². The van der Waals surface area contributed by atoms with Gasteiger partial charge in [0.1, 0.15) is 0 Å². The van der Waals surface area contributed by atoms with E-state index in [9.17, 15) is 0 Å². The van der Waals surface area contributed by atoms with Gasteiger partial charge in [0.15, 0.2) is 6.29 Å². The molecule has 0 aromatic rings. The van der Waals surface area contributed by atoms with Gasteiger partial charge in [0.05, 0.1) is 0 Å². The Morgan fingerprint density at radius 3 is 2.33 bits per heavy atom. The SMILES string of the molecule is CCOC(CCNCCCC1CCCC1)OCC. The number of ether oxygens (including phenoxy) is 2. The lowest BCUT2D eigenvalue weighted by atomic mass is 10.0. The minimum absolute atomic E-state index is 0.0256. The molecule has 1 aliphatic rings. The van der Waals surface area contributed by atoms with Crippen LogP contribution >= 0.6 is 0 Å². The number of hydrogen-bond acceptors (Lipinski definition) is 3. The molecule has 0 bridgehead atoms. The maximum absolute atomic E-state index is 5.51. The molecule has 0 atom stereocenters. The smallest absolute Gasteiger partial charge is 0.158 e. The molecule has 0 aromatic heterocycles. The van der Waals surface area contributed by atoms with Crippen molar-refractivity contribution >= 4 is 0 Å². The molecule has 1 saturated carbocycles. The van der Waals surface area contributed by atoms with Crippen LogP contribution in [-0.2, 0) is 9.47 Å². The highest BCUT2D eigenvalue weighted by Crippen LogP contribution is 2.28. The van der Waals surface area contributed by atoms with Crippen molar-refractivity contribution in [2.24, 2.45) is 5.92 Å². The molecule has 0 heterocycles. The highest BCUT2D eigenvalue weighted by Gasteiger charge is 2.13. The topological polar surface area (TPSA) is 30.5 Å². The summed E-state index contributed by atoms with van der Waals surface area (Å²) in [5, 5.41) is 3.50. The molecule has 0 saturated heterocycles. The van der Waals surface area contributed by atoms with Gasteiger partial charge >= 0.3 is 0 Å². The third-order valence-corrected chi connectivity index (χ3v) is 3.70. The molecule has 0 aliphatic heterocycles. The Balaban J connectivity index is 1.89. The van der Waals surface area contributed by atoms with E-state index in [1.807, 2.05) is 13.8 Å². The predicted molar refractivity (Wildman–Crippen MR) is 75.7 cm³/mol.